The van der Waals surface area contributed by atoms with E-state index in [0.29, 0.717) is 11.1 Å². The van der Waals surface area contributed by atoms with E-state index in [2.05, 4.69) is 12.6 Å². The van der Waals surface area contributed by atoms with Gasteiger partial charge in [0, 0.05) is 19.7 Å². The summed E-state index contributed by atoms with van der Waals surface area (Å²) in [6.07, 6.45) is 6.32. The smallest absolute Gasteiger partial charge is 0.328 e. The van der Waals surface area contributed by atoms with E-state index < -0.39 is 5.97 Å². The van der Waals surface area contributed by atoms with Gasteiger partial charge in [-0.1, -0.05) is 12.1 Å². The summed E-state index contributed by atoms with van der Waals surface area (Å²) in [5, 5.41) is 17.8. The third kappa shape index (κ3) is 4.62. The van der Waals surface area contributed by atoms with Crippen molar-refractivity contribution >= 4 is 17.7 Å². The van der Waals surface area contributed by atoms with Gasteiger partial charge < -0.3 is 10.0 Å². The van der Waals surface area contributed by atoms with Crippen LogP contribution in [0.25, 0.3) is 6.08 Å². The molecule has 1 aromatic carbocycles. The van der Waals surface area contributed by atoms with E-state index in [9.17, 15) is 10.1 Å². The van der Waals surface area contributed by atoms with Crippen molar-refractivity contribution < 1.29 is 9.90 Å². The Bertz CT molecular complexity index is 556. The van der Waals surface area contributed by atoms with Crippen LogP contribution in [-0.2, 0) is 4.79 Å². The highest BCUT2D eigenvalue weighted by Crippen LogP contribution is 2.21. The SMILES string of the molecule is C=CCCCN(C)c1ccc(/C=C/C(=O)O)cc1C#N. The summed E-state index contributed by atoms with van der Waals surface area (Å²) in [5.41, 5.74) is 2.09. The first-order chi connectivity index (χ1) is 9.58. The summed E-state index contributed by atoms with van der Waals surface area (Å²) < 4.78 is 0. The third-order valence-electron chi connectivity index (χ3n) is 2.87. The summed E-state index contributed by atoms with van der Waals surface area (Å²) in [6, 6.07) is 7.49. The topological polar surface area (TPSA) is 64.3 Å². The highest BCUT2D eigenvalue weighted by molar-refractivity contribution is 5.85. The molecule has 0 aliphatic rings. The number of benzene rings is 1. The molecule has 0 amide bonds. The van der Waals surface area contributed by atoms with Gasteiger partial charge in [-0.15, -0.1) is 6.58 Å². The molecule has 0 unspecified atom stereocenters. The quantitative estimate of drug-likeness (QED) is 0.470. The van der Waals surface area contributed by atoms with Gasteiger partial charge in [0.05, 0.1) is 11.3 Å². The van der Waals surface area contributed by atoms with Crippen molar-refractivity contribution in [1.82, 2.24) is 0 Å². The van der Waals surface area contributed by atoms with Crippen LogP contribution in [-0.4, -0.2) is 24.7 Å². The predicted molar refractivity (Wildman–Crippen MR) is 80.5 cm³/mol. The fourth-order valence-corrected chi connectivity index (χ4v) is 1.84. The molecule has 0 bridgehead atoms. The van der Waals surface area contributed by atoms with Crippen molar-refractivity contribution in [2.24, 2.45) is 0 Å². The number of hydrogen-bond donors (Lipinski definition) is 1. The molecule has 104 valence electrons. The van der Waals surface area contributed by atoms with Gasteiger partial charge in [0.2, 0.25) is 0 Å². The molecular formula is C16H18N2O2. The molecule has 0 atom stereocenters. The number of carboxylic acids is 1. The van der Waals surface area contributed by atoms with Gasteiger partial charge in [0.25, 0.3) is 0 Å². The summed E-state index contributed by atoms with van der Waals surface area (Å²) in [5.74, 6) is -1.01. The Morgan fingerprint density at radius 1 is 1.55 bits per heavy atom. The van der Waals surface area contributed by atoms with Gasteiger partial charge in [-0.05, 0) is 36.6 Å². The predicted octanol–water partition coefficient (Wildman–Crippen LogP) is 3.06. The Morgan fingerprint density at radius 3 is 2.90 bits per heavy atom. The minimum Gasteiger partial charge on any atom is -0.478 e. The largest absolute Gasteiger partial charge is 0.478 e. The second-order valence-corrected chi connectivity index (χ2v) is 4.41. The number of unbranched alkanes of at least 4 members (excludes halogenated alkanes) is 1. The first-order valence-corrected chi connectivity index (χ1v) is 6.35. The van der Waals surface area contributed by atoms with Gasteiger partial charge in [-0.3, -0.25) is 0 Å². The lowest BCUT2D eigenvalue weighted by Crippen LogP contribution is -2.19. The molecule has 4 nitrogen and oxygen atoms in total. The van der Waals surface area contributed by atoms with Gasteiger partial charge in [0.1, 0.15) is 6.07 Å². The fraction of sp³-hybridized carbons (Fsp3) is 0.250. The normalized spacial score (nSPS) is 10.2. The molecule has 1 N–H and O–H groups in total. The Balaban J connectivity index is 2.90. The lowest BCUT2D eigenvalue weighted by atomic mass is 10.1. The highest BCUT2D eigenvalue weighted by atomic mass is 16.4. The maximum absolute atomic E-state index is 10.5. The van der Waals surface area contributed by atoms with Gasteiger partial charge in [0.15, 0.2) is 0 Å². The lowest BCUT2D eigenvalue weighted by Gasteiger charge is -2.20. The number of aliphatic carboxylic acids is 1. The summed E-state index contributed by atoms with van der Waals surface area (Å²) in [6.45, 7) is 4.52. The van der Waals surface area contributed by atoms with Crippen molar-refractivity contribution in [3.63, 3.8) is 0 Å². The van der Waals surface area contributed by atoms with Crippen molar-refractivity contribution in [2.45, 2.75) is 12.8 Å². The zero-order valence-corrected chi connectivity index (χ0v) is 11.5. The van der Waals surface area contributed by atoms with Crippen molar-refractivity contribution in [2.75, 3.05) is 18.5 Å². The van der Waals surface area contributed by atoms with Crippen LogP contribution in [0.1, 0.15) is 24.0 Å². The Morgan fingerprint density at radius 2 is 2.30 bits per heavy atom. The maximum atomic E-state index is 10.5. The maximum Gasteiger partial charge on any atom is 0.328 e. The van der Waals surface area contributed by atoms with Crippen molar-refractivity contribution in [3.8, 4) is 6.07 Å². The van der Waals surface area contributed by atoms with E-state index in [1.165, 1.54) is 6.08 Å². The van der Waals surface area contributed by atoms with Crippen LogP contribution in [0.4, 0.5) is 5.69 Å². The third-order valence-corrected chi connectivity index (χ3v) is 2.87. The number of nitriles is 1. The van der Waals surface area contributed by atoms with Gasteiger partial charge in [-0.25, -0.2) is 4.79 Å². The molecule has 0 aliphatic carbocycles. The zero-order chi connectivity index (χ0) is 15.0. The van der Waals surface area contributed by atoms with E-state index in [1.807, 2.05) is 24.1 Å². The van der Waals surface area contributed by atoms with Crippen LogP contribution in [0.2, 0.25) is 0 Å². The molecule has 0 aromatic heterocycles. The molecule has 0 spiro atoms. The van der Waals surface area contributed by atoms with Crippen LogP contribution in [0.15, 0.2) is 36.9 Å². The number of rotatable bonds is 7. The number of anilines is 1. The summed E-state index contributed by atoms with van der Waals surface area (Å²) in [4.78, 5) is 12.5. The van der Waals surface area contributed by atoms with Crippen molar-refractivity contribution in [3.05, 3.63) is 48.1 Å². The standard InChI is InChI=1S/C16H18N2O2/c1-3-4-5-10-18(2)15-8-6-13(7-9-16(19)20)11-14(15)12-17/h3,6-9,11H,1,4-5,10H2,2H3,(H,19,20)/b9-7+. The minimum atomic E-state index is -1.01. The minimum absolute atomic E-state index is 0.540. The number of hydrogen-bond acceptors (Lipinski definition) is 3. The first kappa shape index (κ1) is 15.5. The molecular weight excluding hydrogens is 252 g/mol. The first-order valence-electron chi connectivity index (χ1n) is 6.35. The Hall–Kier alpha value is -2.54. The van der Waals surface area contributed by atoms with E-state index >= 15 is 0 Å². The van der Waals surface area contributed by atoms with Crippen LogP contribution in [0.3, 0.4) is 0 Å². The molecule has 1 rings (SSSR count). The van der Waals surface area contributed by atoms with Crippen molar-refractivity contribution in [1.29, 1.82) is 5.26 Å². The van der Waals surface area contributed by atoms with E-state index in [-0.39, 0.29) is 0 Å². The monoisotopic (exact) mass is 270 g/mol. The number of nitrogens with zero attached hydrogens (tertiary/aromatic N) is 2. The van der Waals surface area contributed by atoms with E-state index in [0.717, 1.165) is 31.1 Å². The van der Waals surface area contributed by atoms with Crippen LogP contribution in [0, 0.1) is 11.3 Å². The second-order valence-electron chi connectivity index (χ2n) is 4.41. The number of allylic oxidation sites excluding steroid dienone is 1. The average Bonchev–Trinajstić information content (AvgIpc) is 2.44. The zero-order valence-electron chi connectivity index (χ0n) is 11.5. The van der Waals surface area contributed by atoms with Crippen LogP contribution < -0.4 is 4.90 Å². The summed E-state index contributed by atoms with van der Waals surface area (Å²) in [7, 11) is 1.94. The molecule has 0 fully saturated rings. The fourth-order valence-electron chi connectivity index (χ4n) is 1.84. The molecule has 0 aliphatic heterocycles. The highest BCUT2D eigenvalue weighted by Gasteiger charge is 2.07. The second kappa shape index (κ2) is 7.80. The van der Waals surface area contributed by atoms with Gasteiger partial charge >= 0.3 is 5.97 Å². The lowest BCUT2D eigenvalue weighted by molar-refractivity contribution is -0.131. The van der Waals surface area contributed by atoms with E-state index in [1.54, 1.807) is 12.1 Å². The summed E-state index contributed by atoms with van der Waals surface area (Å²) >= 11 is 0. The number of carboxylic acid groups (broad SMARTS) is 1. The van der Waals surface area contributed by atoms with E-state index in [4.69, 9.17) is 5.11 Å². The van der Waals surface area contributed by atoms with Gasteiger partial charge in [-0.2, -0.15) is 5.26 Å². The van der Waals surface area contributed by atoms with Crippen LogP contribution >= 0.6 is 0 Å². The Labute approximate surface area is 119 Å². The molecule has 4 heteroatoms. The molecule has 0 saturated carbocycles. The van der Waals surface area contributed by atoms with Crippen LogP contribution in [0.5, 0.6) is 0 Å². The molecule has 20 heavy (non-hydrogen) atoms. The molecule has 0 radical (unpaired) electrons. The number of carbonyl (C=O) groups is 1. The Kier molecular flexibility index (Phi) is 6.05. The average molecular weight is 270 g/mol. The molecule has 0 heterocycles. The molecule has 1 aromatic rings. The molecule has 0 saturated heterocycles.